The van der Waals surface area contributed by atoms with Gasteiger partial charge >= 0.3 is 0 Å². The molecule has 18 heavy (non-hydrogen) atoms. The second-order valence-electron chi connectivity index (χ2n) is 4.79. The molecule has 86 valence electrons. The van der Waals surface area contributed by atoms with E-state index in [1.165, 1.54) is 38.0 Å². The first-order valence-electron chi connectivity index (χ1n) is 6.23. The Kier molecular flexibility index (Phi) is 1.81. The van der Waals surface area contributed by atoms with E-state index >= 15 is 0 Å². The third kappa shape index (κ3) is 1.11. The van der Waals surface area contributed by atoms with Crippen molar-refractivity contribution in [3.63, 3.8) is 0 Å². The van der Waals surface area contributed by atoms with Crippen molar-refractivity contribution in [3.05, 3.63) is 60.4 Å². The van der Waals surface area contributed by atoms with Gasteiger partial charge in [0, 0.05) is 22.7 Å². The van der Waals surface area contributed by atoms with E-state index in [-0.39, 0.29) is 0 Å². The number of rotatable bonds is 0. The van der Waals surface area contributed by atoms with Crippen molar-refractivity contribution < 1.29 is 0 Å². The minimum Gasteiger partial charge on any atom is -0.364 e. The number of benzene rings is 3. The number of aromatic nitrogens is 1. The van der Waals surface area contributed by atoms with Gasteiger partial charge in [-0.3, -0.25) is 0 Å². The number of nitrogens with one attached hydrogen (secondary N) is 1. The Bertz CT molecular complexity index is 884. The Hall–Kier alpha value is -2.28. The Morgan fingerprint density at radius 2 is 1.17 bits per heavy atom. The second kappa shape index (κ2) is 3.36. The number of hydrogen-bond acceptors (Lipinski definition) is 0. The molecule has 0 saturated heterocycles. The summed E-state index contributed by atoms with van der Waals surface area (Å²) in [5, 5.41) is 8.01. The lowest BCUT2D eigenvalue weighted by molar-refractivity contribution is 1.28. The summed E-state index contributed by atoms with van der Waals surface area (Å²) >= 11 is 0. The van der Waals surface area contributed by atoms with Gasteiger partial charge in [-0.15, -0.1) is 0 Å². The van der Waals surface area contributed by atoms with E-state index in [0.717, 1.165) is 0 Å². The van der Waals surface area contributed by atoms with E-state index in [1.54, 1.807) is 0 Å². The number of aryl methyl sites for hydroxylation is 1. The van der Waals surface area contributed by atoms with E-state index in [1.807, 2.05) is 0 Å². The van der Waals surface area contributed by atoms with Gasteiger partial charge in [0.1, 0.15) is 0 Å². The van der Waals surface area contributed by atoms with Gasteiger partial charge < -0.3 is 4.98 Å². The summed E-state index contributed by atoms with van der Waals surface area (Å²) in [7, 11) is 0. The Morgan fingerprint density at radius 3 is 1.83 bits per heavy atom. The molecular weight excluding hydrogens is 218 g/mol. The van der Waals surface area contributed by atoms with E-state index in [2.05, 4.69) is 66.6 Å². The molecule has 0 aliphatic carbocycles. The largest absolute Gasteiger partial charge is 0.364 e. The lowest BCUT2D eigenvalue weighted by Gasteiger charge is -2.07. The fourth-order valence-corrected chi connectivity index (χ4v) is 2.98. The number of aromatic amines is 1. The van der Waals surface area contributed by atoms with E-state index in [9.17, 15) is 0 Å². The fourth-order valence-electron chi connectivity index (χ4n) is 2.98. The van der Waals surface area contributed by atoms with Crippen LogP contribution in [-0.2, 0) is 0 Å². The van der Waals surface area contributed by atoms with Crippen LogP contribution in [0.5, 0.6) is 0 Å². The first kappa shape index (κ1) is 9.72. The molecule has 0 amide bonds. The van der Waals surface area contributed by atoms with Crippen molar-refractivity contribution in [2.75, 3.05) is 0 Å². The third-order valence-electron chi connectivity index (χ3n) is 3.78. The Balaban J connectivity index is 2.48. The molecule has 0 fully saturated rings. The number of hydrogen-bond donors (Lipinski definition) is 1. The third-order valence-corrected chi connectivity index (χ3v) is 3.78. The molecule has 1 nitrogen and oxygen atoms in total. The normalized spacial score (nSPS) is 11.6. The van der Waals surface area contributed by atoms with Crippen LogP contribution in [0.2, 0.25) is 0 Å². The highest BCUT2D eigenvalue weighted by atomic mass is 14.7. The minimum absolute atomic E-state index is 1.24. The molecule has 0 saturated carbocycles. The molecule has 0 radical (unpaired) electrons. The van der Waals surface area contributed by atoms with Crippen LogP contribution < -0.4 is 0 Å². The summed E-state index contributed by atoms with van der Waals surface area (Å²) in [5.74, 6) is 0. The highest BCUT2D eigenvalue weighted by Crippen LogP contribution is 2.36. The molecular formula is C17H13N. The average Bonchev–Trinajstić information content (AvgIpc) is 2.82. The van der Waals surface area contributed by atoms with Crippen LogP contribution in [0, 0.1) is 6.92 Å². The first-order valence-corrected chi connectivity index (χ1v) is 6.23. The Labute approximate surface area is 105 Å². The second-order valence-corrected chi connectivity index (χ2v) is 4.79. The summed E-state index contributed by atoms with van der Waals surface area (Å²) in [6.07, 6.45) is 2.12. The van der Waals surface area contributed by atoms with Crippen LogP contribution in [-0.4, -0.2) is 4.98 Å². The smallest absolute Gasteiger partial charge is 0.0201 e. The molecule has 4 aromatic rings. The van der Waals surface area contributed by atoms with Crippen LogP contribution in [0.1, 0.15) is 5.69 Å². The first-order chi connectivity index (χ1) is 8.86. The molecule has 0 bridgehead atoms. The van der Waals surface area contributed by atoms with Gasteiger partial charge in [0.2, 0.25) is 0 Å². The lowest BCUT2D eigenvalue weighted by Crippen LogP contribution is -1.80. The molecule has 1 heterocycles. The quantitative estimate of drug-likeness (QED) is 0.419. The number of fused-ring (bicyclic) bond motifs is 6. The van der Waals surface area contributed by atoms with E-state index in [0.29, 0.717) is 0 Å². The maximum absolute atomic E-state index is 3.36. The van der Waals surface area contributed by atoms with Crippen LogP contribution in [0.3, 0.4) is 0 Å². The zero-order valence-corrected chi connectivity index (χ0v) is 10.2. The molecule has 1 aromatic heterocycles. The van der Waals surface area contributed by atoms with E-state index in [4.69, 9.17) is 0 Å². The van der Waals surface area contributed by atoms with Gasteiger partial charge in [0.15, 0.2) is 0 Å². The summed E-state index contributed by atoms with van der Waals surface area (Å²) < 4.78 is 0. The maximum Gasteiger partial charge on any atom is 0.0201 e. The molecule has 1 heteroatoms. The molecule has 4 rings (SSSR count). The van der Waals surface area contributed by atoms with E-state index < -0.39 is 0 Å². The predicted molar refractivity (Wildman–Crippen MR) is 78.0 cm³/mol. The van der Waals surface area contributed by atoms with Gasteiger partial charge in [0.05, 0.1) is 0 Å². The van der Waals surface area contributed by atoms with Gasteiger partial charge in [0.25, 0.3) is 0 Å². The summed E-state index contributed by atoms with van der Waals surface area (Å²) in [6, 6.07) is 17.3. The van der Waals surface area contributed by atoms with Gasteiger partial charge in [-0.2, -0.15) is 0 Å². The van der Waals surface area contributed by atoms with Crippen molar-refractivity contribution in [1.82, 2.24) is 4.98 Å². The predicted octanol–water partition coefficient (Wildman–Crippen LogP) is 4.78. The van der Waals surface area contributed by atoms with Crippen molar-refractivity contribution >= 4 is 32.3 Å². The highest BCUT2D eigenvalue weighted by molar-refractivity contribution is 6.25. The van der Waals surface area contributed by atoms with Crippen LogP contribution in [0.25, 0.3) is 32.3 Å². The van der Waals surface area contributed by atoms with Crippen molar-refractivity contribution in [3.8, 4) is 0 Å². The fraction of sp³-hybridized carbons (Fsp3) is 0.0588. The monoisotopic (exact) mass is 231 g/mol. The van der Waals surface area contributed by atoms with Crippen molar-refractivity contribution in [1.29, 1.82) is 0 Å². The summed E-state index contributed by atoms with van der Waals surface area (Å²) in [4.78, 5) is 3.36. The lowest BCUT2D eigenvalue weighted by atomic mass is 9.96. The molecule has 0 aliphatic heterocycles. The zero-order valence-electron chi connectivity index (χ0n) is 10.2. The van der Waals surface area contributed by atoms with Crippen molar-refractivity contribution in [2.45, 2.75) is 6.92 Å². The average molecular weight is 231 g/mol. The number of H-pyrrole nitrogens is 1. The molecule has 1 N–H and O–H groups in total. The molecule has 0 atom stereocenters. The highest BCUT2D eigenvalue weighted by Gasteiger charge is 2.10. The van der Waals surface area contributed by atoms with Gasteiger partial charge in [-0.1, -0.05) is 48.5 Å². The van der Waals surface area contributed by atoms with Crippen LogP contribution in [0.15, 0.2) is 54.7 Å². The summed E-state index contributed by atoms with van der Waals surface area (Å²) in [6.45, 7) is 2.14. The molecule has 0 aliphatic rings. The standard InChI is InChI=1S/C17H13N/c1-11-17-15-9-5-4-7-13(15)12-6-2-3-8-14(12)16(17)10-18-11/h2-10,18H,1H3. The molecule has 0 unspecified atom stereocenters. The van der Waals surface area contributed by atoms with Gasteiger partial charge in [-0.05, 0) is 28.5 Å². The maximum atomic E-state index is 3.36. The zero-order chi connectivity index (χ0) is 12.1. The van der Waals surface area contributed by atoms with Crippen LogP contribution >= 0.6 is 0 Å². The molecule has 3 aromatic carbocycles. The van der Waals surface area contributed by atoms with Crippen LogP contribution in [0.4, 0.5) is 0 Å². The SMILES string of the molecule is Cc1[nH]cc2c3ccccc3c3ccccc3c12. The molecule has 0 spiro atoms. The minimum atomic E-state index is 1.24. The van der Waals surface area contributed by atoms with Gasteiger partial charge in [-0.25, -0.2) is 0 Å². The summed E-state index contributed by atoms with van der Waals surface area (Å²) in [5.41, 5.74) is 1.24. The topological polar surface area (TPSA) is 15.8 Å². The van der Waals surface area contributed by atoms with Crippen molar-refractivity contribution in [2.24, 2.45) is 0 Å². The Morgan fingerprint density at radius 1 is 0.667 bits per heavy atom.